The van der Waals surface area contributed by atoms with Gasteiger partial charge in [-0.05, 0) is 43.2 Å². The third-order valence-electron chi connectivity index (χ3n) is 5.35. The lowest BCUT2D eigenvalue weighted by Gasteiger charge is -2.23. The Bertz CT molecular complexity index is 1110. The lowest BCUT2D eigenvalue weighted by atomic mass is 9.95. The zero-order chi connectivity index (χ0) is 18.9. The Labute approximate surface area is 167 Å². The molecule has 7 heteroatoms. The van der Waals surface area contributed by atoms with Gasteiger partial charge in [-0.15, -0.1) is 10.2 Å². The second-order valence-electron chi connectivity index (χ2n) is 7.30. The number of pyridine rings is 1. The van der Waals surface area contributed by atoms with Crippen molar-refractivity contribution in [2.45, 2.75) is 38.1 Å². The van der Waals surface area contributed by atoms with Crippen molar-refractivity contribution in [3.63, 3.8) is 0 Å². The third kappa shape index (κ3) is 3.33. The third-order valence-corrected chi connectivity index (χ3v) is 6.15. The van der Waals surface area contributed by atoms with Crippen molar-refractivity contribution in [2.75, 3.05) is 11.1 Å². The van der Waals surface area contributed by atoms with Crippen molar-refractivity contribution in [2.24, 2.45) is 0 Å². The van der Waals surface area contributed by atoms with E-state index in [1.54, 1.807) is 0 Å². The Balaban J connectivity index is 1.49. The van der Waals surface area contributed by atoms with Gasteiger partial charge in [0.15, 0.2) is 0 Å². The van der Waals surface area contributed by atoms with Crippen LogP contribution in [0.25, 0.3) is 32.7 Å². The van der Waals surface area contributed by atoms with E-state index in [9.17, 15) is 0 Å². The van der Waals surface area contributed by atoms with Crippen LogP contribution in [0.2, 0.25) is 0 Å². The molecule has 0 radical (unpaired) electrons. The number of nitrogens with zero attached hydrogens (tertiary/aromatic N) is 3. The molecule has 5 rings (SSSR count). The highest BCUT2D eigenvalue weighted by Gasteiger charge is 2.15. The molecule has 1 saturated carbocycles. The van der Waals surface area contributed by atoms with E-state index in [0.717, 1.165) is 38.5 Å². The van der Waals surface area contributed by atoms with E-state index in [2.05, 4.69) is 50.8 Å². The summed E-state index contributed by atoms with van der Waals surface area (Å²) < 4.78 is 0. The minimum atomic E-state index is 0.479. The van der Waals surface area contributed by atoms with E-state index in [1.807, 2.05) is 12.3 Å². The summed E-state index contributed by atoms with van der Waals surface area (Å²) in [5.74, 6) is 0.951. The Kier molecular flexibility index (Phi) is 4.44. The van der Waals surface area contributed by atoms with E-state index < -0.39 is 0 Å². The number of H-pyrrole nitrogens is 1. The standard InChI is InChI=1S/C21H22N6S/c22-21-27-26-20(28-21)13-9-10-17-15(11-13)16(12-23-17)18-7-4-8-19(25-18)24-14-5-2-1-3-6-14/h4,7-12,14,23H,1-3,5-6H2,(H2,22,27)(H,24,25). The SMILES string of the molecule is Nc1nnc(-c2ccc3[nH]cc(-c4cccc(NC5CCCCC5)n4)c3c2)s1. The molecule has 4 aromatic rings. The number of nitrogen functional groups attached to an aromatic ring is 1. The van der Waals surface area contributed by atoms with Crippen LogP contribution in [-0.2, 0) is 0 Å². The normalized spacial score (nSPS) is 15.1. The van der Waals surface area contributed by atoms with E-state index in [-0.39, 0.29) is 0 Å². The molecule has 6 nitrogen and oxygen atoms in total. The van der Waals surface area contributed by atoms with Crippen LogP contribution in [0.4, 0.5) is 10.9 Å². The topological polar surface area (TPSA) is 92.5 Å². The van der Waals surface area contributed by atoms with Gasteiger partial charge >= 0.3 is 0 Å². The molecule has 1 aliphatic carbocycles. The number of hydrogen-bond acceptors (Lipinski definition) is 6. The molecular weight excluding hydrogens is 368 g/mol. The van der Waals surface area contributed by atoms with Gasteiger partial charge in [-0.2, -0.15) is 0 Å². The molecule has 0 bridgehead atoms. The highest BCUT2D eigenvalue weighted by Crippen LogP contribution is 2.33. The van der Waals surface area contributed by atoms with Gasteiger partial charge in [-0.3, -0.25) is 0 Å². The van der Waals surface area contributed by atoms with Gasteiger partial charge in [0.2, 0.25) is 5.13 Å². The predicted molar refractivity (Wildman–Crippen MR) is 115 cm³/mol. The van der Waals surface area contributed by atoms with E-state index in [4.69, 9.17) is 10.7 Å². The van der Waals surface area contributed by atoms with Gasteiger partial charge in [0.05, 0.1) is 5.69 Å². The van der Waals surface area contributed by atoms with Crippen LogP contribution in [0.3, 0.4) is 0 Å². The maximum atomic E-state index is 5.74. The lowest BCUT2D eigenvalue weighted by Crippen LogP contribution is -2.22. The molecule has 142 valence electrons. The molecule has 28 heavy (non-hydrogen) atoms. The highest BCUT2D eigenvalue weighted by molar-refractivity contribution is 7.18. The fourth-order valence-corrected chi connectivity index (χ4v) is 4.54. The maximum Gasteiger partial charge on any atom is 0.203 e. The number of aromatic nitrogens is 4. The minimum Gasteiger partial charge on any atom is -0.374 e. The largest absolute Gasteiger partial charge is 0.374 e. The summed E-state index contributed by atoms with van der Waals surface area (Å²) in [4.78, 5) is 8.24. The summed E-state index contributed by atoms with van der Waals surface area (Å²) in [6.07, 6.45) is 8.44. The number of anilines is 2. The van der Waals surface area contributed by atoms with Crippen molar-refractivity contribution < 1.29 is 0 Å². The number of rotatable bonds is 4. The summed E-state index contributed by atoms with van der Waals surface area (Å²) in [7, 11) is 0. The Morgan fingerprint density at radius 2 is 1.96 bits per heavy atom. The second kappa shape index (κ2) is 7.24. The van der Waals surface area contributed by atoms with Gasteiger partial charge in [-0.1, -0.05) is 36.7 Å². The Morgan fingerprint density at radius 1 is 1.07 bits per heavy atom. The molecule has 3 aromatic heterocycles. The molecule has 0 aliphatic heterocycles. The number of benzene rings is 1. The average Bonchev–Trinajstić information content (AvgIpc) is 3.35. The highest BCUT2D eigenvalue weighted by atomic mass is 32.1. The smallest absolute Gasteiger partial charge is 0.203 e. The first-order valence-corrected chi connectivity index (χ1v) is 10.5. The Hall–Kier alpha value is -2.93. The molecule has 0 atom stereocenters. The number of nitrogens with one attached hydrogen (secondary N) is 2. The van der Waals surface area contributed by atoms with Crippen molar-refractivity contribution in [1.82, 2.24) is 20.2 Å². The van der Waals surface area contributed by atoms with Crippen LogP contribution in [-0.4, -0.2) is 26.2 Å². The minimum absolute atomic E-state index is 0.479. The van der Waals surface area contributed by atoms with Crippen molar-refractivity contribution >= 4 is 33.2 Å². The number of fused-ring (bicyclic) bond motifs is 1. The molecular formula is C21H22N6S. The van der Waals surface area contributed by atoms with Gasteiger partial charge in [0.25, 0.3) is 0 Å². The van der Waals surface area contributed by atoms with E-state index >= 15 is 0 Å². The fourth-order valence-electron chi connectivity index (χ4n) is 3.94. The molecule has 0 saturated heterocycles. The summed E-state index contributed by atoms with van der Waals surface area (Å²) in [5.41, 5.74) is 9.87. The van der Waals surface area contributed by atoms with Crippen molar-refractivity contribution in [1.29, 1.82) is 0 Å². The lowest BCUT2D eigenvalue weighted by molar-refractivity contribution is 0.462. The molecule has 1 aliphatic rings. The van der Waals surface area contributed by atoms with Crippen LogP contribution < -0.4 is 11.1 Å². The summed E-state index contributed by atoms with van der Waals surface area (Å²) in [6.45, 7) is 0. The fraction of sp³-hybridized carbons (Fsp3) is 0.286. The van der Waals surface area contributed by atoms with Crippen LogP contribution in [0.15, 0.2) is 42.6 Å². The predicted octanol–water partition coefficient (Wildman–Crippen LogP) is 5.08. The number of aromatic amines is 1. The van der Waals surface area contributed by atoms with Crippen molar-refractivity contribution in [3.8, 4) is 21.8 Å². The van der Waals surface area contributed by atoms with Crippen molar-refractivity contribution in [3.05, 3.63) is 42.6 Å². The van der Waals surface area contributed by atoms with E-state index in [1.165, 1.54) is 43.4 Å². The zero-order valence-corrected chi connectivity index (χ0v) is 16.3. The summed E-state index contributed by atoms with van der Waals surface area (Å²) in [5, 5.41) is 14.1. The van der Waals surface area contributed by atoms with Gasteiger partial charge in [-0.25, -0.2) is 4.98 Å². The van der Waals surface area contributed by atoms with Gasteiger partial charge in [0, 0.05) is 34.3 Å². The molecule has 1 aromatic carbocycles. The summed E-state index contributed by atoms with van der Waals surface area (Å²) in [6, 6.07) is 13.0. The van der Waals surface area contributed by atoms with Crippen LogP contribution in [0, 0.1) is 0 Å². The Morgan fingerprint density at radius 3 is 2.79 bits per heavy atom. The molecule has 1 fully saturated rings. The molecule has 4 N–H and O–H groups in total. The van der Waals surface area contributed by atoms with E-state index in [0.29, 0.717) is 11.2 Å². The van der Waals surface area contributed by atoms with Gasteiger partial charge < -0.3 is 16.0 Å². The second-order valence-corrected chi connectivity index (χ2v) is 8.30. The molecule has 3 heterocycles. The maximum absolute atomic E-state index is 5.74. The first-order valence-electron chi connectivity index (χ1n) is 9.71. The monoisotopic (exact) mass is 390 g/mol. The average molecular weight is 391 g/mol. The molecule has 0 spiro atoms. The molecule has 0 unspecified atom stereocenters. The number of hydrogen-bond donors (Lipinski definition) is 3. The van der Waals surface area contributed by atoms with Crippen LogP contribution >= 0.6 is 11.3 Å². The van der Waals surface area contributed by atoms with Gasteiger partial charge in [0.1, 0.15) is 10.8 Å². The molecule has 0 amide bonds. The number of nitrogens with two attached hydrogens (primary N) is 1. The van der Waals surface area contributed by atoms with Crippen LogP contribution in [0.1, 0.15) is 32.1 Å². The quantitative estimate of drug-likeness (QED) is 0.452. The first kappa shape index (κ1) is 17.2. The summed E-state index contributed by atoms with van der Waals surface area (Å²) >= 11 is 1.40. The zero-order valence-electron chi connectivity index (χ0n) is 15.5. The first-order chi connectivity index (χ1) is 13.8. The van der Waals surface area contributed by atoms with Crippen LogP contribution in [0.5, 0.6) is 0 Å².